The van der Waals surface area contributed by atoms with Crippen LogP contribution in [0.4, 0.5) is 0 Å². The van der Waals surface area contributed by atoms with Gasteiger partial charge in [-0.05, 0) is 31.5 Å². The minimum atomic E-state index is -0.921. The van der Waals surface area contributed by atoms with Gasteiger partial charge in [0.05, 0.1) is 7.11 Å². The van der Waals surface area contributed by atoms with Crippen LogP contribution in [0.25, 0.3) is 0 Å². The number of aliphatic hydroxyl groups is 1. The highest BCUT2D eigenvalue weighted by Gasteiger charge is 2.26. The fraction of sp³-hybridized carbons (Fsp3) is 0.571. The number of rotatable bonds is 5. The molecule has 0 saturated carbocycles. The van der Waals surface area contributed by atoms with Gasteiger partial charge in [-0.15, -0.1) is 0 Å². The van der Waals surface area contributed by atoms with E-state index in [-0.39, 0.29) is 0 Å². The molecular formula is C14H23NO2. The average Bonchev–Trinajstić information content (AvgIpc) is 2.28. The summed E-state index contributed by atoms with van der Waals surface area (Å²) in [6, 6.07) is 6.00. The van der Waals surface area contributed by atoms with E-state index in [1.165, 1.54) is 5.56 Å². The highest BCUT2D eigenvalue weighted by molar-refractivity contribution is 5.42. The van der Waals surface area contributed by atoms with Gasteiger partial charge < -0.3 is 15.2 Å². The molecule has 1 atom stereocenters. The summed E-state index contributed by atoms with van der Waals surface area (Å²) in [4.78, 5) is 0. The summed E-state index contributed by atoms with van der Waals surface area (Å²) in [7, 11) is 3.46. The van der Waals surface area contributed by atoms with E-state index in [1.807, 2.05) is 25.2 Å². The van der Waals surface area contributed by atoms with Crippen LogP contribution in [-0.4, -0.2) is 25.8 Å². The number of nitrogens with one attached hydrogen (secondary N) is 1. The topological polar surface area (TPSA) is 41.5 Å². The molecule has 96 valence electrons. The van der Waals surface area contributed by atoms with Crippen LogP contribution in [0, 0.1) is 0 Å². The van der Waals surface area contributed by atoms with Crippen molar-refractivity contribution in [1.82, 2.24) is 5.32 Å². The van der Waals surface area contributed by atoms with Gasteiger partial charge in [-0.3, -0.25) is 0 Å². The predicted molar refractivity (Wildman–Crippen MR) is 70.6 cm³/mol. The van der Waals surface area contributed by atoms with E-state index in [2.05, 4.69) is 19.2 Å². The van der Waals surface area contributed by atoms with E-state index in [9.17, 15) is 5.11 Å². The molecule has 1 aromatic rings. The smallest absolute Gasteiger partial charge is 0.125 e. The maximum Gasteiger partial charge on any atom is 0.125 e. The Labute approximate surface area is 104 Å². The monoisotopic (exact) mass is 237 g/mol. The highest BCUT2D eigenvalue weighted by atomic mass is 16.5. The van der Waals surface area contributed by atoms with Gasteiger partial charge in [0.25, 0.3) is 0 Å². The van der Waals surface area contributed by atoms with Crippen LogP contribution in [0.15, 0.2) is 18.2 Å². The Balaban J connectivity index is 3.16. The molecule has 0 aliphatic heterocycles. The van der Waals surface area contributed by atoms with Crippen LogP contribution in [0.5, 0.6) is 5.75 Å². The van der Waals surface area contributed by atoms with Crippen LogP contribution in [0.3, 0.4) is 0 Å². The Morgan fingerprint density at radius 1 is 1.41 bits per heavy atom. The lowest BCUT2D eigenvalue weighted by Gasteiger charge is -2.26. The van der Waals surface area contributed by atoms with Gasteiger partial charge in [0.1, 0.15) is 11.4 Å². The molecule has 2 N–H and O–H groups in total. The van der Waals surface area contributed by atoms with Gasteiger partial charge in [0.2, 0.25) is 0 Å². The zero-order valence-corrected chi connectivity index (χ0v) is 11.4. The first-order valence-electron chi connectivity index (χ1n) is 5.97. The molecule has 0 aliphatic carbocycles. The van der Waals surface area contributed by atoms with Gasteiger partial charge >= 0.3 is 0 Å². The summed E-state index contributed by atoms with van der Waals surface area (Å²) in [6.45, 7) is 6.56. The normalized spacial score (nSPS) is 14.8. The zero-order valence-electron chi connectivity index (χ0n) is 11.4. The van der Waals surface area contributed by atoms with E-state index >= 15 is 0 Å². The largest absolute Gasteiger partial charge is 0.496 e. The van der Waals surface area contributed by atoms with Gasteiger partial charge in [-0.2, -0.15) is 0 Å². The number of hydrogen-bond donors (Lipinski definition) is 2. The molecule has 0 aliphatic rings. The van der Waals surface area contributed by atoms with E-state index in [4.69, 9.17) is 4.74 Å². The highest BCUT2D eigenvalue weighted by Crippen LogP contribution is 2.32. The molecule has 0 aromatic heterocycles. The van der Waals surface area contributed by atoms with Crippen molar-refractivity contribution in [1.29, 1.82) is 0 Å². The molecule has 1 unspecified atom stereocenters. The van der Waals surface area contributed by atoms with Crippen LogP contribution < -0.4 is 10.1 Å². The lowest BCUT2D eigenvalue weighted by Crippen LogP contribution is -2.33. The molecule has 0 heterocycles. The molecule has 0 amide bonds. The number of benzene rings is 1. The van der Waals surface area contributed by atoms with Crippen LogP contribution in [0.1, 0.15) is 37.8 Å². The average molecular weight is 237 g/mol. The summed E-state index contributed by atoms with van der Waals surface area (Å²) >= 11 is 0. The Hall–Kier alpha value is -1.06. The third-order valence-electron chi connectivity index (χ3n) is 2.99. The molecule has 1 aromatic carbocycles. The molecule has 0 saturated heterocycles. The minimum Gasteiger partial charge on any atom is -0.496 e. The van der Waals surface area contributed by atoms with Gasteiger partial charge in [0.15, 0.2) is 0 Å². The Morgan fingerprint density at radius 2 is 2.06 bits per heavy atom. The lowest BCUT2D eigenvalue weighted by molar-refractivity contribution is 0.0565. The summed E-state index contributed by atoms with van der Waals surface area (Å²) in [5, 5.41) is 13.4. The summed E-state index contributed by atoms with van der Waals surface area (Å²) in [5.74, 6) is 1.20. The molecule has 0 spiro atoms. The minimum absolute atomic E-state index is 0.451. The van der Waals surface area contributed by atoms with E-state index in [1.54, 1.807) is 14.0 Å². The van der Waals surface area contributed by atoms with Crippen molar-refractivity contribution in [2.75, 3.05) is 20.7 Å². The van der Waals surface area contributed by atoms with Crippen molar-refractivity contribution in [2.24, 2.45) is 0 Å². The number of methoxy groups -OCH3 is 1. The Kier molecular flexibility index (Phi) is 4.54. The molecule has 17 heavy (non-hydrogen) atoms. The number of hydrogen-bond acceptors (Lipinski definition) is 3. The predicted octanol–water partition coefficient (Wildman–Crippen LogP) is 2.25. The fourth-order valence-electron chi connectivity index (χ4n) is 1.95. The van der Waals surface area contributed by atoms with Gasteiger partial charge in [-0.25, -0.2) is 0 Å². The van der Waals surface area contributed by atoms with Crippen molar-refractivity contribution in [2.45, 2.75) is 32.3 Å². The first kappa shape index (κ1) is 14.0. The maximum atomic E-state index is 10.4. The molecule has 0 bridgehead atoms. The molecule has 3 heteroatoms. The second-order valence-electron chi connectivity index (χ2n) is 4.92. The van der Waals surface area contributed by atoms with Crippen molar-refractivity contribution >= 4 is 0 Å². The second kappa shape index (κ2) is 5.52. The van der Waals surface area contributed by atoms with Gasteiger partial charge in [0, 0.05) is 12.1 Å². The van der Waals surface area contributed by atoms with E-state index < -0.39 is 5.60 Å². The fourth-order valence-corrected chi connectivity index (χ4v) is 1.95. The van der Waals surface area contributed by atoms with E-state index in [0.29, 0.717) is 12.5 Å². The van der Waals surface area contributed by atoms with Crippen LogP contribution in [-0.2, 0) is 5.60 Å². The second-order valence-corrected chi connectivity index (χ2v) is 4.92. The maximum absolute atomic E-state index is 10.4. The van der Waals surface area contributed by atoms with Crippen molar-refractivity contribution < 1.29 is 9.84 Å². The standard InChI is InChI=1S/C14H23NO2/c1-10(2)11-6-7-12(13(8-11)17-5)14(3,16)9-15-4/h6-8,10,15-16H,9H2,1-5H3. The first-order chi connectivity index (χ1) is 7.92. The summed E-state index contributed by atoms with van der Waals surface area (Å²) in [6.07, 6.45) is 0. The molecular weight excluding hydrogens is 214 g/mol. The Morgan fingerprint density at radius 3 is 2.53 bits per heavy atom. The molecule has 3 nitrogen and oxygen atoms in total. The lowest BCUT2D eigenvalue weighted by atomic mass is 9.92. The Bertz CT molecular complexity index is 372. The quantitative estimate of drug-likeness (QED) is 0.825. The summed E-state index contributed by atoms with van der Waals surface area (Å²) in [5.41, 5.74) is 1.11. The SMILES string of the molecule is CNCC(C)(O)c1ccc(C(C)C)cc1OC. The third-order valence-corrected chi connectivity index (χ3v) is 2.99. The summed E-state index contributed by atoms with van der Waals surface area (Å²) < 4.78 is 5.38. The number of likely N-dealkylation sites (N-methyl/N-ethyl adjacent to an activating group) is 1. The van der Waals surface area contributed by atoms with Crippen molar-refractivity contribution in [3.63, 3.8) is 0 Å². The van der Waals surface area contributed by atoms with Crippen molar-refractivity contribution in [3.05, 3.63) is 29.3 Å². The van der Waals surface area contributed by atoms with Gasteiger partial charge in [-0.1, -0.05) is 26.0 Å². The van der Waals surface area contributed by atoms with E-state index in [0.717, 1.165) is 11.3 Å². The van der Waals surface area contributed by atoms with Crippen LogP contribution in [0.2, 0.25) is 0 Å². The molecule has 0 radical (unpaired) electrons. The molecule has 1 rings (SSSR count). The molecule has 0 fully saturated rings. The number of ether oxygens (including phenoxy) is 1. The van der Waals surface area contributed by atoms with Crippen LogP contribution >= 0.6 is 0 Å². The third kappa shape index (κ3) is 3.20. The van der Waals surface area contributed by atoms with Crippen molar-refractivity contribution in [3.8, 4) is 5.75 Å². The first-order valence-corrected chi connectivity index (χ1v) is 5.97. The zero-order chi connectivity index (χ0) is 13.1.